The van der Waals surface area contributed by atoms with Crippen molar-refractivity contribution in [3.05, 3.63) is 70.6 Å². The predicted molar refractivity (Wildman–Crippen MR) is 79.9 cm³/mol. The Labute approximate surface area is 134 Å². The molecule has 0 unspecified atom stereocenters. The molecule has 0 aliphatic rings. The van der Waals surface area contributed by atoms with Gasteiger partial charge in [0.25, 0.3) is 0 Å². The molecule has 24 heavy (non-hydrogen) atoms. The van der Waals surface area contributed by atoms with E-state index in [0.717, 1.165) is 5.39 Å². The predicted octanol–water partition coefficient (Wildman–Crippen LogP) is 4.27. The second-order valence-electron chi connectivity index (χ2n) is 4.93. The van der Waals surface area contributed by atoms with Crippen LogP contribution in [0.15, 0.2) is 63.8 Å². The molecule has 0 radical (unpaired) electrons. The Morgan fingerprint density at radius 3 is 2.29 bits per heavy atom. The van der Waals surface area contributed by atoms with Gasteiger partial charge in [-0.2, -0.15) is 0 Å². The first-order valence-corrected chi connectivity index (χ1v) is 6.90. The second kappa shape index (κ2) is 6.27. The van der Waals surface area contributed by atoms with E-state index in [1.807, 2.05) is 0 Å². The van der Waals surface area contributed by atoms with E-state index in [4.69, 9.17) is 9.15 Å². The van der Waals surface area contributed by atoms with Crippen molar-refractivity contribution in [2.75, 3.05) is 0 Å². The van der Waals surface area contributed by atoms with E-state index in [1.54, 1.807) is 24.3 Å². The topological polar surface area (TPSA) is 48.7 Å². The lowest BCUT2D eigenvalue weighted by atomic mass is 10.2. The number of benzene rings is 2. The lowest BCUT2D eigenvalue weighted by molar-refractivity contribution is -0.274. The number of halogens is 3. The summed E-state index contributed by atoms with van der Waals surface area (Å²) < 4.78 is 50.7. The second-order valence-corrected chi connectivity index (χ2v) is 4.93. The van der Waals surface area contributed by atoms with Crippen LogP contribution in [0.2, 0.25) is 0 Å². The van der Waals surface area contributed by atoms with Crippen LogP contribution in [0, 0.1) is 0 Å². The summed E-state index contributed by atoms with van der Waals surface area (Å²) in [7, 11) is 0. The Morgan fingerprint density at radius 2 is 1.58 bits per heavy atom. The fourth-order valence-corrected chi connectivity index (χ4v) is 2.08. The van der Waals surface area contributed by atoms with Crippen molar-refractivity contribution in [1.29, 1.82) is 0 Å². The minimum atomic E-state index is -4.72. The summed E-state index contributed by atoms with van der Waals surface area (Å²) in [4.78, 5) is 11.2. The molecule has 4 nitrogen and oxygen atoms in total. The van der Waals surface area contributed by atoms with Gasteiger partial charge in [0.15, 0.2) is 0 Å². The number of hydrogen-bond acceptors (Lipinski definition) is 4. The summed E-state index contributed by atoms with van der Waals surface area (Å²) in [6, 6.07) is 13.4. The molecule has 0 fully saturated rings. The third kappa shape index (κ3) is 4.07. The summed E-state index contributed by atoms with van der Waals surface area (Å²) in [5, 5.41) is 0.760. The van der Waals surface area contributed by atoms with Crippen LogP contribution in [0.25, 0.3) is 11.0 Å². The zero-order chi connectivity index (χ0) is 17.2. The smallest absolute Gasteiger partial charge is 0.489 e. The molecule has 0 saturated carbocycles. The molecule has 0 saturated heterocycles. The van der Waals surface area contributed by atoms with Gasteiger partial charge in [0.05, 0.1) is 0 Å². The summed E-state index contributed by atoms with van der Waals surface area (Å²) in [5.74, 6) is 0.186. The first-order valence-electron chi connectivity index (χ1n) is 6.90. The monoisotopic (exact) mass is 336 g/mol. The zero-order valence-electron chi connectivity index (χ0n) is 12.2. The molecule has 0 bridgehead atoms. The molecule has 0 aliphatic carbocycles. The van der Waals surface area contributed by atoms with Crippen LogP contribution in [-0.2, 0) is 6.61 Å². The molecular weight excluding hydrogens is 325 g/mol. The Hall–Kier alpha value is -2.96. The zero-order valence-corrected chi connectivity index (χ0v) is 12.2. The maximum atomic E-state index is 12.1. The molecule has 1 aromatic heterocycles. The maximum absolute atomic E-state index is 12.1. The average Bonchev–Trinajstić information content (AvgIpc) is 2.52. The lowest BCUT2D eigenvalue weighted by Crippen LogP contribution is -2.17. The molecular formula is C17H11F3O4. The van der Waals surface area contributed by atoms with Crippen molar-refractivity contribution < 1.29 is 27.1 Å². The van der Waals surface area contributed by atoms with Crippen LogP contribution in [0.1, 0.15) is 5.56 Å². The lowest BCUT2D eigenvalue weighted by Gasteiger charge is -2.10. The summed E-state index contributed by atoms with van der Waals surface area (Å²) in [6.07, 6.45) is -4.72. The Bertz CT molecular complexity index is 898. The molecule has 0 atom stereocenters. The Balaban J connectivity index is 1.68. The maximum Gasteiger partial charge on any atom is 0.573 e. The molecule has 0 amide bonds. The van der Waals surface area contributed by atoms with Gasteiger partial charge in [-0.25, -0.2) is 4.79 Å². The van der Waals surface area contributed by atoms with E-state index in [9.17, 15) is 18.0 Å². The summed E-state index contributed by atoms with van der Waals surface area (Å²) in [6.45, 7) is 0.148. The highest BCUT2D eigenvalue weighted by Gasteiger charge is 2.30. The van der Waals surface area contributed by atoms with Gasteiger partial charge >= 0.3 is 12.0 Å². The van der Waals surface area contributed by atoms with E-state index in [-0.39, 0.29) is 12.4 Å². The van der Waals surface area contributed by atoms with Gasteiger partial charge in [0, 0.05) is 17.5 Å². The molecule has 1 heterocycles. The van der Waals surface area contributed by atoms with E-state index in [1.165, 1.54) is 30.3 Å². The van der Waals surface area contributed by atoms with Gasteiger partial charge in [-0.3, -0.25) is 0 Å². The fraction of sp³-hybridized carbons (Fsp3) is 0.118. The highest BCUT2D eigenvalue weighted by Crippen LogP contribution is 2.24. The van der Waals surface area contributed by atoms with E-state index in [0.29, 0.717) is 16.9 Å². The van der Waals surface area contributed by atoms with Gasteiger partial charge in [0.1, 0.15) is 23.7 Å². The highest BCUT2D eigenvalue weighted by atomic mass is 19.4. The number of alkyl halides is 3. The number of fused-ring (bicyclic) bond motifs is 1. The number of hydrogen-bond donors (Lipinski definition) is 0. The van der Waals surface area contributed by atoms with Crippen LogP contribution in [0.4, 0.5) is 13.2 Å². The molecule has 7 heteroatoms. The minimum Gasteiger partial charge on any atom is -0.489 e. The van der Waals surface area contributed by atoms with Crippen molar-refractivity contribution in [1.82, 2.24) is 0 Å². The van der Waals surface area contributed by atoms with Crippen molar-refractivity contribution in [2.45, 2.75) is 13.0 Å². The van der Waals surface area contributed by atoms with Crippen molar-refractivity contribution in [3.63, 3.8) is 0 Å². The summed E-state index contributed by atoms with van der Waals surface area (Å²) >= 11 is 0. The van der Waals surface area contributed by atoms with Crippen molar-refractivity contribution >= 4 is 11.0 Å². The van der Waals surface area contributed by atoms with E-state index < -0.39 is 12.0 Å². The van der Waals surface area contributed by atoms with Gasteiger partial charge in [-0.15, -0.1) is 13.2 Å². The van der Waals surface area contributed by atoms with E-state index >= 15 is 0 Å². The standard InChI is InChI=1S/C17H11F3O4/c18-17(19,20)24-13-5-1-11(2-6-13)10-22-14-7-3-12-4-8-16(21)23-15(12)9-14/h1-9H,10H2. The molecule has 3 rings (SSSR count). The quantitative estimate of drug-likeness (QED) is 0.668. The van der Waals surface area contributed by atoms with Crippen LogP contribution >= 0.6 is 0 Å². The van der Waals surface area contributed by atoms with Crippen LogP contribution in [0.3, 0.4) is 0 Å². The van der Waals surface area contributed by atoms with Gasteiger partial charge in [-0.05, 0) is 35.9 Å². The van der Waals surface area contributed by atoms with Crippen molar-refractivity contribution in [3.8, 4) is 11.5 Å². The third-order valence-corrected chi connectivity index (χ3v) is 3.16. The first kappa shape index (κ1) is 15.9. The largest absolute Gasteiger partial charge is 0.573 e. The third-order valence-electron chi connectivity index (χ3n) is 3.16. The highest BCUT2D eigenvalue weighted by molar-refractivity contribution is 5.77. The molecule has 2 aromatic carbocycles. The molecule has 0 aliphatic heterocycles. The van der Waals surface area contributed by atoms with E-state index in [2.05, 4.69) is 4.74 Å². The van der Waals surface area contributed by atoms with Crippen LogP contribution in [0.5, 0.6) is 11.5 Å². The Kier molecular flexibility index (Phi) is 4.16. The van der Waals surface area contributed by atoms with Crippen LogP contribution in [-0.4, -0.2) is 6.36 Å². The van der Waals surface area contributed by atoms with Crippen molar-refractivity contribution in [2.24, 2.45) is 0 Å². The Morgan fingerprint density at radius 1 is 0.917 bits per heavy atom. The molecule has 124 valence electrons. The first-order chi connectivity index (χ1) is 11.4. The van der Waals surface area contributed by atoms with Gasteiger partial charge in [-0.1, -0.05) is 12.1 Å². The van der Waals surface area contributed by atoms with Crippen LogP contribution < -0.4 is 15.1 Å². The molecule has 0 N–H and O–H groups in total. The summed E-state index contributed by atoms with van der Waals surface area (Å²) in [5.41, 5.74) is 0.605. The normalized spacial score (nSPS) is 11.5. The average molecular weight is 336 g/mol. The molecule has 3 aromatic rings. The fourth-order valence-electron chi connectivity index (χ4n) is 2.08. The molecule has 0 spiro atoms. The SMILES string of the molecule is O=c1ccc2ccc(OCc3ccc(OC(F)(F)F)cc3)cc2o1. The number of rotatable bonds is 4. The van der Waals surface area contributed by atoms with Gasteiger partial charge < -0.3 is 13.9 Å². The minimum absolute atomic E-state index is 0.148. The van der Waals surface area contributed by atoms with Gasteiger partial charge in [0.2, 0.25) is 0 Å². The number of ether oxygens (including phenoxy) is 2.